The molecule has 1 saturated heterocycles. The quantitative estimate of drug-likeness (QED) is 0.0378. The average Bonchev–Trinajstić information content (AvgIpc) is 4.32. The van der Waals surface area contributed by atoms with Crippen LogP contribution in [0.15, 0.2) is 89.6 Å². The summed E-state index contributed by atoms with van der Waals surface area (Å²) in [5.41, 5.74) is -8.09. The van der Waals surface area contributed by atoms with Crippen molar-refractivity contribution in [2.24, 2.45) is 22.7 Å². The molecule has 1 heterocycles. The lowest BCUT2D eigenvalue weighted by Gasteiger charge is -2.67. The lowest BCUT2D eigenvalue weighted by atomic mass is 9.44. The predicted octanol–water partition coefficient (Wildman–Crippen LogP) is 9.95. The van der Waals surface area contributed by atoms with E-state index in [0.717, 1.165) is 44.9 Å². The largest absolute Gasteiger partial charge is 0.455 e. The van der Waals surface area contributed by atoms with Crippen LogP contribution in [0, 0.1) is 22.7 Å². The van der Waals surface area contributed by atoms with Crippen LogP contribution in [-0.4, -0.2) is 118 Å². The first kappa shape index (κ1) is 63.3. The Balaban J connectivity index is 1.38. The molecule has 6 rings (SSSR count). The molecule has 1 aliphatic heterocycles. The van der Waals surface area contributed by atoms with Gasteiger partial charge in [0.25, 0.3) is 0 Å². The number of Topliss-reactive ketones (excluding diaryl/α,β-unsaturated/α-hetero) is 1. The molecule has 0 radical (unpaired) electrons. The predicted molar refractivity (Wildman–Crippen MR) is 297 cm³/mol. The molecule has 80 heavy (non-hydrogen) atoms. The number of rotatable bonds is 24. The Bertz CT molecular complexity index is 2560. The Morgan fingerprint density at radius 1 is 0.863 bits per heavy atom. The number of hydrogen-bond acceptors (Lipinski definition) is 16. The number of ketones is 1. The third kappa shape index (κ3) is 14.6. The fourth-order valence-electron chi connectivity index (χ4n) is 11.9. The number of carbonyl (C=O) groups is 7. The van der Waals surface area contributed by atoms with Gasteiger partial charge >= 0.3 is 35.9 Å². The van der Waals surface area contributed by atoms with Crippen molar-refractivity contribution in [3.05, 3.63) is 95.1 Å². The van der Waals surface area contributed by atoms with Crippen molar-refractivity contribution in [2.45, 2.75) is 226 Å². The minimum atomic E-state index is -2.43. The number of aliphatic hydroxyl groups excluding tert-OH is 1. The molecule has 1 aromatic rings. The van der Waals surface area contributed by atoms with Crippen LogP contribution in [0.2, 0.25) is 0 Å². The Morgan fingerprint density at radius 2 is 1.50 bits per heavy atom. The van der Waals surface area contributed by atoms with Gasteiger partial charge in [-0.25, -0.2) is 14.4 Å². The van der Waals surface area contributed by atoms with Gasteiger partial charge in [-0.15, -0.1) is 0 Å². The highest BCUT2D eigenvalue weighted by Crippen LogP contribution is 2.64. The summed E-state index contributed by atoms with van der Waals surface area (Å²) in [6.45, 7) is 17.6. The number of carbonyl (C=O) groups excluding carboxylic acids is 7. The van der Waals surface area contributed by atoms with E-state index in [-0.39, 0.29) is 36.2 Å². The lowest BCUT2D eigenvalue weighted by Crippen LogP contribution is -2.82. The van der Waals surface area contributed by atoms with Crippen molar-refractivity contribution in [2.75, 3.05) is 6.61 Å². The number of hydrogen-bond donors (Lipinski definition) is 3. The number of ether oxygens (including phenoxy) is 7. The lowest BCUT2D eigenvalue weighted by molar-refractivity contribution is -0.346. The molecule has 5 aliphatic rings. The first-order valence-corrected chi connectivity index (χ1v) is 28.6. The molecular formula is C63H87NO16. The minimum absolute atomic E-state index is 0.0173. The zero-order chi connectivity index (χ0) is 58.8. The minimum Gasteiger partial charge on any atom is -0.455 e. The summed E-state index contributed by atoms with van der Waals surface area (Å²) in [4.78, 5) is 100. The summed E-state index contributed by atoms with van der Waals surface area (Å²) in [7, 11) is 0. The highest BCUT2D eigenvalue weighted by Gasteiger charge is 2.78. The van der Waals surface area contributed by atoms with Gasteiger partial charge in [0, 0.05) is 31.6 Å². The maximum absolute atomic E-state index is 16.0. The molecule has 1 aromatic carbocycles. The summed E-state index contributed by atoms with van der Waals surface area (Å²) in [6, 6.07) is 6.55. The summed E-state index contributed by atoms with van der Waals surface area (Å²) in [6.07, 6.45) is 11.8. The van der Waals surface area contributed by atoms with Crippen LogP contribution in [0.3, 0.4) is 0 Å². The average molecular weight is 1110 g/mol. The van der Waals surface area contributed by atoms with Crippen LogP contribution in [0.5, 0.6) is 0 Å². The number of unbranched alkanes of at least 4 members (excludes halogenated alkanes) is 5. The monoisotopic (exact) mass is 1110 g/mol. The Morgan fingerprint density at radius 3 is 2.09 bits per heavy atom. The first-order valence-electron chi connectivity index (χ1n) is 28.6. The second-order valence-corrected chi connectivity index (χ2v) is 24.2. The summed E-state index contributed by atoms with van der Waals surface area (Å²) >= 11 is 0. The standard InChI is InChI=1S/C63H87NO16/c1-12-13-14-15-16-17-18-19-20-21-22-23-24-25-29-32-48(67)76-50(44(35-39(2)3)64-58(72)80-59(6,7)8)57(71)75-45-37-63(73)54(78-56(70)42-30-27-26-28-31-42)52-61(11,46(66)36-47-62(52,38-74-47)79-41(5)65)53(68)51(77-55(69)43-33-34-43)49(40(45)4)60(63,9)10/h14-15,17-18,20-21,26-28,30-31,35,43-47,50-52,54,66,73H,12-13,16,19,22-25,29,32-34,36-38H2,1-11H3,(H,64,72)/b15-14-,18-17-,21-20-/t44-,45-,46-,47+,50+,51+,52?,54-,61+,62-,63+/m0/s1. The third-order valence-corrected chi connectivity index (χ3v) is 16.3. The zero-order valence-corrected chi connectivity index (χ0v) is 48.8. The Kier molecular flexibility index (Phi) is 21.2. The maximum Gasteiger partial charge on any atom is 0.408 e. The molecule has 440 valence electrons. The van der Waals surface area contributed by atoms with Gasteiger partial charge in [-0.2, -0.15) is 0 Å². The van der Waals surface area contributed by atoms with Gasteiger partial charge in [0.1, 0.15) is 29.5 Å². The Hall–Kier alpha value is -5.91. The molecule has 17 heteroatoms. The first-order chi connectivity index (χ1) is 37.7. The highest BCUT2D eigenvalue weighted by molar-refractivity contribution is 5.96. The molecule has 1 amide bonds. The van der Waals surface area contributed by atoms with E-state index in [1.165, 1.54) is 32.1 Å². The number of benzene rings is 1. The fraction of sp³-hybridized carbons (Fsp3) is 0.635. The number of fused-ring (bicyclic) bond motifs is 5. The van der Waals surface area contributed by atoms with E-state index >= 15 is 9.59 Å². The van der Waals surface area contributed by atoms with E-state index in [1.807, 2.05) is 0 Å². The van der Waals surface area contributed by atoms with Crippen molar-refractivity contribution in [1.82, 2.24) is 5.32 Å². The topological polar surface area (TPSA) is 237 Å². The van der Waals surface area contributed by atoms with Crippen LogP contribution in [-0.2, 0) is 57.1 Å². The van der Waals surface area contributed by atoms with Gasteiger partial charge in [0.05, 0.1) is 41.6 Å². The van der Waals surface area contributed by atoms with Crippen molar-refractivity contribution >= 4 is 41.7 Å². The van der Waals surface area contributed by atoms with Gasteiger partial charge in [-0.3, -0.25) is 19.2 Å². The molecule has 0 spiro atoms. The third-order valence-electron chi connectivity index (χ3n) is 16.3. The maximum atomic E-state index is 16.0. The van der Waals surface area contributed by atoms with Crippen LogP contribution in [0.25, 0.3) is 0 Å². The number of nitrogens with one attached hydrogen (secondary N) is 1. The molecule has 3 N–H and O–H groups in total. The molecule has 17 nitrogen and oxygen atoms in total. The van der Waals surface area contributed by atoms with Crippen LogP contribution in [0.4, 0.5) is 4.79 Å². The van der Waals surface area contributed by atoms with E-state index in [2.05, 4.69) is 48.7 Å². The van der Waals surface area contributed by atoms with E-state index < -0.39 is 130 Å². The van der Waals surface area contributed by atoms with Crippen molar-refractivity contribution in [3.63, 3.8) is 0 Å². The number of allylic oxidation sites excluding steroid dienone is 7. The van der Waals surface area contributed by atoms with Crippen molar-refractivity contribution < 1.29 is 76.9 Å². The number of esters is 5. The van der Waals surface area contributed by atoms with Crippen molar-refractivity contribution in [1.29, 1.82) is 0 Å². The molecule has 4 aliphatic carbocycles. The molecular weight excluding hydrogens is 1030 g/mol. The van der Waals surface area contributed by atoms with Crippen LogP contribution >= 0.6 is 0 Å². The second kappa shape index (κ2) is 26.8. The molecule has 4 fully saturated rings. The Labute approximate surface area is 472 Å². The van der Waals surface area contributed by atoms with Gasteiger partial charge in [-0.1, -0.05) is 106 Å². The van der Waals surface area contributed by atoms with Gasteiger partial charge in [-0.05, 0) is 123 Å². The van der Waals surface area contributed by atoms with Crippen LogP contribution in [0.1, 0.15) is 176 Å². The number of aliphatic hydroxyl groups is 2. The number of alkyl carbamates (subject to hydrolysis) is 1. The molecule has 0 aromatic heterocycles. The smallest absolute Gasteiger partial charge is 0.408 e. The van der Waals surface area contributed by atoms with Gasteiger partial charge < -0.3 is 48.7 Å². The van der Waals surface area contributed by atoms with E-state index in [0.29, 0.717) is 31.3 Å². The van der Waals surface area contributed by atoms with E-state index in [9.17, 15) is 34.2 Å². The normalized spacial score (nSPS) is 28.7. The summed E-state index contributed by atoms with van der Waals surface area (Å²) < 4.78 is 43.0. The van der Waals surface area contributed by atoms with Crippen LogP contribution < -0.4 is 5.32 Å². The van der Waals surface area contributed by atoms with Gasteiger partial charge in [0.2, 0.25) is 6.10 Å². The molecule has 11 atom stereocenters. The fourth-order valence-corrected chi connectivity index (χ4v) is 11.9. The summed E-state index contributed by atoms with van der Waals surface area (Å²) in [5, 5.41) is 29.1. The molecule has 1 unspecified atom stereocenters. The summed E-state index contributed by atoms with van der Waals surface area (Å²) in [5.74, 6) is -7.28. The van der Waals surface area contributed by atoms with Gasteiger partial charge in [0.15, 0.2) is 17.5 Å². The molecule has 2 bridgehead atoms. The highest BCUT2D eigenvalue weighted by atomic mass is 16.6. The SMILES string of the molecule is CCC/C=C\C/C=C\C/C=C\CCCCCCC(=O)O[C@@H](C(=O)O[C@H]1C[C@@]2(O)[C@@H](OC(=O)c3ccccc3)C3[C@](C)(C(=O)[C@H](OC(=O)C4CC4)C(=C1C)C2(C)C)[C@@H](O)C[C@H]1OC[C@@]31OC(C)=O)[C@H](C=C(C)C)NC(=O)OC(C)(C)C. The van der Waals surface area contributed by atoms with Crippen molar-refractivity contribution in [3.8, 4) is 0 Å². The van der Waals surface area contributed by atoms with E-state index in [4.69, 9.17) is 33.2 Å². The number of amides is 1. The zero-order valence-electron chi connectivity index (χ0n) is 48.8. The second-order valence-electron chi connectivity index (χ2n) is 24.2. The van der Waals surface area contributed by atoms with E-state index in [1.54, 1.807) is 73.6 Å². The molecule has 3 saturated carbocycles.